The van der Waals surface area contributed by atoms with E-state index < -0.39 is 6.36 Å². The molecule has 0 bridgehead atoms. The van der Waals surface area contributed by atoms with Crippen molar-refractivity contribution in [2.75, 3.05) is 13.1 Å². The van der Waals surface area contributed by atoms with Crippen LogP contribution in [0.4, 0.5) is 13.2 Å². The van der Waals surface area contributed by atoms with E-state index in [1.54, 1.807) is 4.90 Å². The van der Waals surface area contributed by atoms with Gasteiger partial charge in [0.05, 0.1) is 6.04 Å². The molecule has 5 nitrogen and oxygen atoms in total. The zero-order valence-electron chi connectivity index (χ0n) is 12.8. The summed E-state index contributed by atoms with van der Waals surface area (Å²) in [5, 5.41) is 2.93. The second-order valence-electron chi connectivity index (χ2n) is 6.11. The minimum absolute atomic E-state index is 0.00505. The largest absolute Gasteiger partial charge is 0.573 e. The van der Waals surface area contributed by atoms with E-state index in [1.807, 2.05) is 0 Å². The van der Waals surface area contributed by atoms with Crippen molar-refractivity contribution < 1.29 is 27.5 Å². The van der Waals surface area contributed by atoms with Crippen LogP contribution in [0.25, 0.3) is 0 Å². The average molecular weight is 342 g/mol. The number of fused-ring (bicyclic) bond motifs is 1. The van der Waals surface area contributed by atoms with Gasteiger partial charge >= 0.3 is 6.36 Å². The Kier molecular flexibility index (Phi) is 4.38. The van der Waals surface area contributed by atoms with Crippen molar-refractivity contribution >= 4 is 11.8 Å². The first-order valence-electron chi connectivity index (χ1n) is 7.76. The fraction of sp³-hybridized carbons (Fsp3) is 0.500. The number of carbonyl (C=O) groups is 2. The van der Waals surface area contributed by atoms with E-state index >= 15 is 0 Å². The van der Waals surface area contributed by atoms with Gasteiger partial charge in [0, 0.05) is 25.1 Å². The lowest BCUT2D eigenvalue weighted by Gasteiger charge is -2.17. The van der Waals surface area contributed by atoms with Crippen molar-refractivity contribution in [2.24, 2.45) is 5.92 Å². The lowest BCUT2D eigenvalue weighted by molar-refractivity contribution is -0.274. The Balaban J connectivity index is 1.66. The van der Waals surface area contributed by atoms with Gasteiger partial charge < -0.3 is 15.0 Å². The van der Waals surface area contributed by atoms with E-state index in [4.69, 9.17) is 0 Å². The van der Waals surface area contributed by atoms with Crippen LogP contribution in [-0.4, -0.2) is 42.2 Å². The van der Waals surface area contributed by atoms with E-state index in [0.717, 1.165) is 25.0 Å². The molecular weight excluding hydrogens is 325 g/mol. The third-order valence-electron chi connectivity index (χ3n) is 4.39. The summed E-state index contributed by atoms with van der Waals surface area (Å²) >= 11 is 0. The van der Waals surface area contributed by atoms with Crippen LogP contribution in [0.2, 0.25) is 0 Å². The summed E-state index contributed by atoms with van der Waals surface area (Å²) in [4.78, 5) is 25.7. The molecular formula is C16H17F3N2O3. The molecule has 24 heavy (non-hydrogen) atoms. The van der Waals surface area contributed by atoms with Gasteiger partial charge in [0.1, 0.15) is 5.75 Å². The fourth-order valence-electron chi connectivity index (χ4n) is 3.28. The third-order valence-corrected chi connectivity index (χ3v) is 4.39. The molecule has 2 atom stereocenters. The van der Waals surface area contributed by atoms with Crippen LogP contribution in [0.1, 0.15) is 29.6 Å². The number of ether oxygens (including phenoxy) is 1. The predicted molar refractivity (Wildman–Crippen MR) is 78.3 cm³/mol. The number of halogens is 3. The highest BCUT2D eigenvalue weighted by atomic mass is 19.4. The second-order valence-corrected chi connectivity index (χ2v) is 6.11. The molecule has 2 aliphatic rings. The Morgan fingerprint density at radius 3 is 2.58 bits per heavy atom. The molecule has 2 saturated heterocycles. The second kappa shape index (κ2) is 6.33. The van der Waals surface area contributed by atoms with Gasteiger partial charge in [0.2, 0.25) is 5.91 Å². The predicted octanol–water partition coefficient (Wildman–Crippen LogP) is 2.33. The van der Waals surface area contributed by atoms with E-state index in [-0.39, 0.29) is 29.5 Å². The van der Waals surface area contributed by atoms with Crippen molar-refractivity contribution in [1.82, 2.24) is 10.2 Å². The molecule has 0 saturated carbocycles. The highest BCUT2D eigenvalue weighted by molar-refractivity contribution is 5.94. The number of rotatable bonds is 2. The minimum Gasteiger partial charge on any atom is -0.406 e. The van der Waals surface area contributed by atoms with E-state index in [1.165, 1.54) is 12.1 Å². The summed E-state index contributed by atoms with van der Waals surface area (Å²) in [6.07, 6.45) is -2.56. The molecule has 8 heteroatoms. The van der Waals surface area contributed by atoms with Gasteiger partial charge in [-0.2, -0.15) is 0 Å². The van der Waals surface area contributed by atoms with Gasteiger partial charge in [-0.15, -0.1) is 13.2 Å². The van der Waals surface area contributed by atoms with Crippen molar-refractivity contribution in [1.29, 1.82) is 0 Å². The molecule has 0 aromatic heterocycles. The van der Waals surface area contributed by atoms with Crippen LogP contribution in [0.3, 0.4) is 0 Å². The maximum atomic E-state index is 12.5. The van der Waals surface area contributed by atoms with Gasteiger partial charge in [-0.25, -0.2) is 0 Å². The molecule has 2 aliphatic heterocycles. The molecule has 2 amide bonds. The first-order valence-corrected chi connectivity index (χ1v) is 7.76. The summed E-state index contributed by atoms with van der Waals surface area (Å²) < 4.78 is 40.2. The molecule has 0 aliphatic carbocycles. The number of carbonyl (C=O) groups excluding carboxylic acids is 2. The molecule has 3 rings (SSSR count). The normalized spacial score (nSPS) is 24.1. The maximum Gasteiger partial charge on any atom is 0.573 e. The third kappa shape index (κ3) is 3.80. The monoisotopic (exact) mass is 342 g/mol. The van der Waals surface area contributed by atoms with Crippen molar-refractivity contribution in [3.05, 3.63) is 29.8 Å². The van der Waals surface area contributed by atoms with E-state index in [0.29, 0.717) is 25.1 Å². The zero-order valence-corrected chi connectivity index (χ0v) is 12.8. The molecule has 0 radical (unpaired) electrons. The van der Waals surface area contributed by atoms with Crippen LogP contribution < -0.4 is 10.1 Å². The van der Waals surface area contributed by atoms with Crippen molar-refractivity contribution in [2.45, 2.75) is 31.7 Å². The summed E-state index contributed by atoms with van der Waals surface area (Å²) in [5.74, 6) is -0.382. The molecule has 0 unspecified atom stereocenters. The number of likely N-dealkylation sites (tertiary alicyclic amines) is 1. The number of nitrogens with zero attached hydrogens (tertiary/aromatic N) is 1. The zero-order chi connectivity index (χ0) is 17.3. The topological polar surface area (TPSA) is 58.6 Å². The minimum atomic E-state index is -4.76. The smallest absolute Gasteiger partial charge is 0.406 e. The Morgan fingerprint density at radius 2 is 1.92 bits per heavy atom. The average Bonchev–Trinajstić information content (AvgIpc) is 2.80. The van der Waals surface area contributed by atoms with Crippen LogP contribution in [0.15, 0.2) is 24.3 Å². The molecule has 2 heterocycles. The van der Waals surface area contributed by atoms with Gasteiger partial charge in [-0.05, 0) is 43.0 Å². The molecule has 1 aromatic rings. The van der Waals surface area contributed by atoms with Gasteiger partial charge in [-0.3, -0.25) is 9.59 Å². The lowest BCUT2D eigenvalue weighted by atomic mass is 9.99. The quantitative estimate of drug-likeness (QED) is 0.897. The van der Waals surface area contributed by atoms with Crippen molar-refractivity contribution in [3.8, 4) is 5.75 Å². The summed E-state index contributed by atoms with van der Waals surface area (Å²) in [5.41, 5.74) is 0.298. The van der Waals surface area contributed by atoms with E-state index in [9.17, 15) is 22.8 Å². The molecule has 1 aromatic carbocycles. The van der Waals surface area contributed by atoms with Gasteiger partial charge in [0.25, 0.3) is 5.91 Å². The standard InChI is InChI=1S/C16H17F3N2O3/c17-16(18,19)24-12-6-4-10(5-7-12)15(23)21-8-11-2-1-3-14(22)20-13(11)9-21/h4-7,11,13H,1-3,8-9H2,(H,20,22)/t11-,13+/m1/s1. The number of amides is 2. The number of hydrogen-bond donors (Lipinski definition) is 1. The number of benzene rings is 1. The summed E-state index contributed by atoms with van der Waals surface area (Å²) in [7, 11) is 0. The highest BCUT2D eigenvalue weighted by Gasteiger charge is 2.37. The first-order chi connectivity index (χ1) is 11.3. The van der Waals surface area contributed by atoms with Crippen LogP contribution in [0.5, 0.6) is 5.75 Å². The van der Waals surface area contributed by atoms with Crippen LogP contribution in [-0.2, 0) is 4.79 Å². The molecule has 130 valence electrons. The van der Waals surface area contributed by atoms with Crippen molar-refractivity contribution in [3.63, 3.8) is 0 Å². The SMILES string of the molecule is O=C1CCC[C@@H]2CN(C(=O)c3ccc(OC(F)(F)F)cc3)C[C@@H]2N1. The molecule has 2 fully saturated rings. The Bertz CT molecular complexity index is 630. The fourth-order valence-corrected chi connectivity index (χ4v) is 3.28. The van der Waals surface area contributed by atoms with Gasteiger partial charge in [-0.1, -0.05) is 0 Å². The molecule has 1 N–H and O–H groups in total. The van der Waals surface area contributed by atoms with Crippen LogP contribution in [0, 0.1) is 5.92 Å². The maximum absolute atomic E-state index is 12.5. The summed E-state index contributed by atoms with van der Waals surface area (Å²) in [6.45, 7) is 0.973. The van der Waals surface area contributed by atoms with Crippen LogP contribution >= 0.6 is 0 Å². The lowest BCUT2D eigenvalue weighted by Crippen LogP contribution is -2.39. The Hall–Kier alpha value is -2.25. The Labute approximate surface area is 136 Å². The van der Waals surface area contributed by atoms with Gasteiger partial charge in [0.15, 0.2) is 0 Å². The Morgan fingerprint density at radius 1 is 1.21 bits per heavy atom. The number of hydrogen-bond acceptors (Lipinski definition) is 3. The van der Waals surface area contributed by atoms with E-state index in [2.05, 4.69) is 10.1 Å². The highest BCUT2D eigenvalue weighted by Crippen LogP contribution is 2.27. The molecule has 0 spiro atoms. The summed E-state index contributed by atoms with van der Waals surface area (Å²) in [6, 6.07) is 4.83. The first kappa shape index (κ1) is 16.6. The number of nitrogens with one attached hydrogen (secondary N) is 1. The number of alkyl halides is 3.